The zero-order valence-electron chi connectivity index (χ0n) is 13.2. The van der Waals surface area contributed by atoms with Crippen molar-refractivity contribution in [3.63, 3.8) is 0 Å². The average Bonchev–Trinajstić information content (AvgIpc) is 2.82. The fourth-order valence-corrected chi connectivity index (χ4v) is 2.08. The molecule has 0 bridgehead atoms. The Hall–Kier alpha value is -2.59. The maximum Gasteiger partial charge on any atom is 0.413 e. The van der Waals surface area contributed by atoms with Gasteiger partial charge in [0.2, 0.25) is 0 Å². The minimum Gasteiger partial charge on any atom is -0.444 e. The number of aromatic nitrogens is 3. The van der Waals surface area contributed by atoms with Crippen LogP contribution in [0.4, 0.5) is 10.6 Å². The van der Waals surface area contributed by atoms with Gasteiger partial charge in [-0.2, -0.15) is 10.4 Å². The summed E-state index contributed by atoms with van der Waals surface area (Å²) >= 11 is 6.13. The van der Waals surface area contributed by atoms with E-state index >= 15 is 0 Å². The Balaban J connectivity index is 2.38. The van der Waals surface area contributed by atoms with Crippen LogP contribution in [0.15, 0.2) is 18.5 Å². The quantitative estimate of drug-likeness (QED) is 0.909. The normalized spacial score (nSPS) is 11.0. The standard InChI is InChI=1S/C15H16ClN5O2/c1-15(2,3)23-14(22)20-12-5-11(16)10(6-17)13(19-12)9-7-18-21(4)8-9/h5,7-8H,1-4H3,(H,19,20,22). The van der Waals surface area contributed by atoms with Crippen molar-refractivity contribution in [2.75, 3.05) is 5.32 Å². The van der Waals surface area contributed by atoms with Gasteiger partial charge in [-0.05, 0) is 20.8 Å². The van der Waals surface area contributed by atoms with Crippen molar-refractivity contribution in [2.24, 2.45) is 7.05 Å². The molecule has 1 amide bonds. The first kappa shape index (κ1) is 16.8. The molecule has 0 radical (unpaired) electrons. The second kappa shape index (κ2) is 6.26. The molecule has 0 fully saturated rings. The van der Waals surface area contributed by atoms with Crippen LogP contribution in [0.5, 0.6) is 0 Å². The largest absolute Gasteiger partial charge is 0.444 e. The first-order valence-electron chi connectivity index (χ1n) is 6.79. The highest BCUT2D eigenvalue weighted by Crippen LogP contribution is 2.29. The summed E-state index contributed by atoms with van der Waals surface area (Å²) in [6.07, 6.45) is 2.62. The molecule has 0 saturated carbocycles. The SMILES string of the molecule is Cn1cc(-c2nc(NC(=O)OC(C)(C)C)cc(Cl)c2C#N)cn1. The highest BCUT2D eigenvalue weighted by atomic mass is 35.5. The molecular formula is C15H16ClN5O2. The molecule has 0 aliphatic carbocycles. The molecule has 2 heterocycles. The van der Waals surface area contributed by atoms with Crippen molar-refractivity contribution in [2.45, 2.75) is 26.4 Å². The molecule has 2 aromatic heterocycles. The summed E-state index contributed by atoms with van der Waals surface area (Å²) in [6.45, 7) is 5.27. The van der Waals surface area contributed by atoms with E-state index in [1.54, 1.807) is 44.9 Å². The number of carbonyl (C=O) groups is 1. The molecule has 0 spiro atoms. The van der Waals surface area contributed by atoms with Crippen LogP contribution in [0.1, 0.15) is 26.3 Å². The molecule has 120 valence electrons. The molecule has 0 saturated heterocycles. The van der Waals surface area contributed by atoms with Crippen LogP contribution in [0.3, 0.4) is 0 Å². The number of amides is 1. The van der Waals surface area contributed by atoms with Gasteiger partial charge in [-0.1, -0.05) is 11.6 Å². The van der Waals surface area contributed by atoms with Gasteiger partial charge in [0.05, 0.1) is 22.5 Å². The predicted octanol–water partition coefficient (Wildman–Crippen LogP) is 3.35. The number of halogens is 1. The van der Waals surface area contributed by atoms with Gasteiger partial charge in [0.15, 0.2) is 0 Å². The second-order valence-electron chi connectivity index (χ2n) is 5.85. The van der Waals surface area contributed by atoms with Gasteiger partial charge in [-0.25, -0.2) is 9.78 Å². The van der Waals surface area contributed by atoms with E-state index in [-0.39, 0.29) is 16.4 Å². The van der Waals surface area contributed by atoms with E-state index in [4.69, 9.17) is 16.3 Å². The fraction of sp³-hybridized carbons (Fsp3) is 0.333. The predicted molar refractivity (Wildman–Crippen MR) is 86.0 cm³/mol. The molecule has 2 aromatic rings. The third-order valence-corrected chi connectivity index (χ3v) is 2.99. The van der Waals surface area contributed by atoms with Gasteiger partial charge >= 0.3 is 6.09 Å². The number of pyridine rings is 1. The van der Waals surface area contributed by atoms with Crippen molar-refractivity contribution in [3.8, 4) is 17.3 Å². The molecule has 23 heavy (non-hydrogen) atoms. The van der Waals surface area contributed by atoms with E-state index in [1.165, 1.54) is 6.07 Å². The monoisotopic (exact) mass is 333 g/mol. The first-order chi connectivity index (χ1) is 10.7. The summed E-state index contributed by atoms with van der Waals surface area (Å²) in [4.78, 5) is 16.1. The van der Waals surface area contributed by atoms with E-state index < -0.39 is 11.7 Å². The molecule has 0 unspecified atom stereocenters. The molecule has 7 nitrogen and oxygen atoms in total. The maximum absolute atomic E-state index is 11.8. The molecule has 0 aromatic carbocycles. The average molecular weight is 334 g/mol. The van der Waals surface area contributed by atoms with Gasteiger partial charge in [0, 0.05) is 24.9 Å². The third-order valence-electron chi connectivity index (χ3n) is 2.69. The third kappa shape index (κ3) is 4.20. The number of hydrogen-bond donors (Lipinski definition) is 1. The first-order valence-corrected chi connectivity index (χ1v) is 7.17. The lowest BCUT2D eigenvalue weighted by atomic mass is 10.1. The molecule has 8 heteroatoms. The molecular weight excluding hydrogens is 318 g/mol. The van der Waals surface area contributed by atoms with Crippen molar-refractivity contribution < 1.29 is 9.53 Å². The smallest absolute Gasteiger partial charge is 0.413 e. The van der Waals surface area contributed by atoms with E-state index in [0.717, 1.165) is 0 Å². The van der Waals surface area contributed by atoms with Gasteiger partial charge in [0.25, 0.3) is 0 Å². The van der Waals surface area contributed by atoms with Gasteiger partial charge in [-0.15, -0.1) is 0 Å². The zero-order valence-corrected chi connectivity index (χ0v) is 14.0. The highest BCUT2D eigenvalue weighted by Gasteiger charge is 2.19. The lowest BCUT2D eigenvalue weighted by Crippen LogP contribution is -2.27. The Morgan fingerprint density at radius 2 is 2.17 bits per heavy atom. The number of nitriles is 1. The van der Waals surface area contributed by atoms with E-state index in [9.17, 15) is 10.1 Å². The van der Waals surface area contributed by atoms with Crippen molar-refractivity contribution >= 4 is 23.5 Å². The van der Waals surface area contributed by atoms with Crippen LogP contribution >= 0.6 is 11.6 Å². The van der Waals surface area contributed by atoms with Crippen LogP contribution in [-0.2, 0) is 11.8 Å². The van der Waals surface area contributed by atoms with Crippen LogP contribution in [0.25, 0.3) is 11.3 Å². The van der Waals surface area contributed by atoms with E-state index in [2.05, 4.69) is 15.4 Å². The van der Waals surface area contributed by atoms with Crippen molar-refractivity contribution in [1.29, 1.82) is 5.26 Å². The Morgan fingerprint density at radius 1 is 1.48 bits per heavy atom. The van der Waals surface area contributed by atoms with Crippen LogP contribution < -0.4 is 5.32 Å². The highest BCUT2D eigenvalue weighted by molar-refractivity contribution is 6.32. The number of nitrogens with one attached hydrogen (secondary N) is 1. The van der Waals surface area contributed by atoms with E-state index in [1.807, 2.05) is 6.07 Å². The number of carbonyl (C=O) groups excluding carboxylic acids is 1. The summed E-state index contributed by atoms with van der Waals surface area (Å²) in [5.74, 6) is 0.196. The fourth-order valence-electron chi connectivity index (χ4n) is 1.84. The summed E-state index contributed by atoms with van der Waals surface area (Å²) in [7, 11) is 1.75. The number of aryl methyl sites for hydroxylation is 1. The Morgan fingerprint density at radius 3 is 2.70 bits per heavy atom. The number of anilines is 1. The van der Waals surface area contributed by atoms with Gasteiger partial charge in [0.1, 0.15) is 17.5 Å². The summed E-state index contributed by atoms with van der Waals surface area (Å²) in [6, 6.07) is 3.42. The lowest BCUT2D eigenvalue weighted by molar-refractivity contribution is 0.0635. The summed E-state index contributed by atoms with van der Waals surface area (Å²) in [5.41, 5.74) is 0.555. The van der Waals surface area contributed by atoms with Gasteiger partial charge in [-0.3, -0.25) is 10.00 Å². The van der Waals surface area contributed by atoms with Crippen LogP contribution in [0.2, 0.25) is 5.02 Å². The topological polar surface area (TPSA) is 92.8 Å². The number of nitrogens with zero attached hydrogens (tertiary/aromatic N) is 4. The second-order valence-corrected chi connectivity index (χ2v) is 6.26. The summed E-state index contributed by atoms with van der Waals surface area (Å²) in [5, 5.41) is 16.0. The van der Waals surface area contributed by atoms with Crippen LogP contribution in [-0.4, -0.2) is 26.5 Å². The van der Waals surface area contributed by atoms with Crippen molar-refractivity contribution in [3.05, 3.63) is 29.0 Å². The number of ether oxygens (including phenoxy) is 1. The van der Waals surface area contributed by atoms with Gasteiger partial charge < -0.3 is 4.74 Å². The van der Waals surface area contributed by atoms with Crippen molar-refractivity contribution in [1.82, 2.24) is 14.8 Å². The number of rotatable bonds is 2. The lowest BCUT2D eigenvalue weighted by Gasteiger charge is -2.19. The van der Waals surface area contributed by atoms with Crippen LogP contribution in [0, 0.1) is 11.3 Å². The minimum absolute atomic E-state index is 0.187. The van der Waals surface area contributed by atoms with E-state index in [0.29, 0.717) is 11.3 Å². The molecule has 1 N–H and O–H groups in total. The Kier molecular flexibility index (Phi) is 4.57. The minimum atomic E-state index is -0.650. The summed E-state index contributed by atoms with van der Waals surface area (Å²) < 4.78 is 6.76. The zero-order chi connectivity index (χ0) is 17.2. The molecule has 2 rings (SSSR count). The molecule has 0 aliphatic rings. The number of hydrogen-bond acceptors (Lipinski definition) is 5. The molecule has 0 atom stereocenters. The maximum atomic E-state index is 11.8. The molecule has 0 aliphatic heterocycles. The Bertz CT molecular complexity index is 786. The Labute approximate surface area is 138 Å².